The van der Waals surface area contributed by atoms with E-state index in [0.717, 1.165) is 37.1 Å². The van der Waals surface area contributed by atoms with E-state index < -0.39 is 0 Å². The van der Waals surface area contributed by atoms with E-state index in [1.807, 2.05) is 57.9 Å². The number of rotatable bonds is 9. The molecule has 0 bridgehead atoms. The van der Waals surface area contributed by atoms with Gasteiger partial charge in [0, 0.05) is 95.9 Å². The number of amides is 2. The summed E-state index contributed by atoms with van der Waals surface area (Å²) in [5.74, 6) is 0.631. The summed E-state index contributed by atoms with van der Waals surface area (Å²) in [4.78, 5) is 51.7. The van der Waals surface area contributed by atoms with E-state index in [4.69, 9.17) is 33.4 Å². The Hall–Kier alpha value is -5.20. The largest absolute Gasteiger partial charge is 0.352 e. The van der Waals surface area contributed by atoms with Crippen molar-refractivity contribution >= 4 is 46.0 Å². The molecule has 2 saturated heterocycles. The predicted molar refractivity (Wildman–Crippen MR) is 205 cm³/mol. The average Bonchev–Trinajstić information content (AvgIpc) is 4.01. The molecule has 2 aliphatic carbocycles. The fourth-order valence-electron chi connectivity index (χ4n) is 8.20. The van der Waals surface area contributed by atoms with Crippen molar-refractivity contribution in [1.82, 2.24) is 39.0 Å². The maximum absolute atomic E-state index is 13.9. The Morgan fingerprint density at radius 2 is 1.00 bits per heavy atom. The third-order valence-corrected chi connectivity index (χ3v) is 12.2. The third-order valence-electron chi connectivity index (χ3n) is 11.3. The molecule has 54 heavy (non-hydrogen) atoms. The van der Waals surface area contributed by atoms with Gasteiger partial charge in [0.2, 0.25) is 11.8 Å². The predicted octanol–water partition coefficient (Wildman–Crippen LogP) is 5.93. The first-order valence-corrected chi connectivity index (χ1v) is 19.4. The molecule has 2 N–H and O–H groups in total. The van der Waals surface area contributed by atoms with Crippen LogP contribution in [0.25, 0.3) is 44.7 Å². The molecule has 14 heteroatoms. The number of hydrogen-bond donors (Lipinski definition) is 2. The Morgan fingerprint density at radius 1 is 0.593 bits per heavy atom. The second kappa shape index (κ2) is 12.7. The minimum absolute atomic E-state index is 0.0205. The van der Waals surface area contributed by atoms with Crippen LogP contribution >= 0.6 is 23.2 Å². The SMILES string of the molecule is O=C1CC[C@@H](Cn2c(C3CC3)cn3nc(-c4cccc(-c5cccc(-c6cc7c(=O)n(C[C@@H]8CCC(=O)N8)c(C8CC8)cn7n6)c5Cl)c4Cl)cc3c2=O)N1. The van der Waals surface area contributed by atoms with Crippen LogP contribution in [0.4, 0.5) is 0 Å². The molecule has 6 heterocycles. The normalized spacial score (nSPS) is 20.0. The molecular weight excluding hydrogens is 727 g/mol. The van der Waals surface area contributed by atoms with Gasteiger partial charge in [0.1, 0.15) is 11.0 Å². The van der Waals surface area contributed by atoms with E-state index in [2.05, 4.69) is 10.6 Å². The Kier molecular flexibility index (Phi) is 7.85. The van der Waals surface area contributed by atoms with Crippen molar-refractivity contribution < 1.29 is 9.59 Å². The molecule has 2 aliphatic heterocycles. The van der Waals surface area contributed by atoms with E-state index in [1.54, 1.807) is 21.2 Å². The molecule has 2 aromatic carbocycles. The number of benzene rings is 2. The van der Waals surface area contributed by atoms with Gasteiger partial charge in [-0.1, -0.05) is 59.6 Å². The van der Waals surface area contributed by atoms with Crippen LogP contribution in [0.2, 0.25) is 10.0 Å². The number of halogens is 2. The summed E-state index contributed by atoms with van der Waals surface area (Å²) in [6, 6.07) is 14.7. The molecular formula is C40H36Cl2N8O4. The van der Waals surface area contributed by atoms with Gasteiger partial charge in [-0.05, 0) is 50.7 Å². The summed E-state index contributed by atoms with van der Waals surface area (Å²) in [6.45, 7) is 0.867. The molecule has 12 nitrogen and oxygen atoms in total. The number of nitrogens with one attached hydrogen (secondary N) is 2. The van der Waals surface area contributed by atoms with Crippen molar-refractivity contribution in [2.24, 2.45) is 0 Å². The second-order valence-corrected chi connectivity index (χ2v) is 15.9. The zero-order chi connectivity index (χ0) is 36.8. The van der Waals surface area contributed by atoms with E-state index in [1.165, 1.54) is 0 Å². The Labute approximate surface area is 318 Å². The summed E-state index contributed by atoms with van der Waals surface area (Å²) in [5.41, 5.74) is 6.24. The van der Waals surface area contributed by atoms with Crippen LogP contribution in [0.5, 0.6) is 0 Å². The zero-order valence-corrected chi connectivity index (χ0v) is 30.7. The van der Waals surface area contributed by atoms with Gasteiger partial charge >= 0.3 is 0 Å². The standard InChI is InChI=1S/C40H36Cl2N8O4/c41-37-25(3-1-5-27(37)29-15-31-39(53)47(17-23-11-13-35(51)43-23)33(21-7-8-21)19-49(31)45-29)26-4-2-6-28(38(26)42)30-16-32-40(54)48(18-24-12-14-36(52)44-24)34(22-9-10-22)20-50(32)46-30/h1-6,15-16,19-24H,7-14,17-18H2,(H,43,51)(H,44,52)/t23-,24-/m0/s1. The van der Waals surface area contributed by atoms with E-state index in [0.29, 0.717) is 105 Å². The molecule has 4 aromatic heterocycles. The zero-order valence-electron chi connectivity index (χ0n) is 29.2. The Balaban J connectivity index is 1.01. The lowest BCUT2D eigenvalue weighted by Crippen LogP contribution is -2.35. The van der Waals surface area contributed by atoms with Crippen molar-refractivity contribution in [3.8, 4) is 33.6 Å². The Bertz CT molecular complexity index is 2500. The smallest absolute Gasteiger partial charge is 0.276 e. The van der Waals surface area contributed by atoms with Gasteiger partial charge in [-0.15, -0.1) is 0 Å². The van der Waals surface area contributed by atoms with Crippen molar-refractivity contribution in [3.63, 3.8) is 0 Å². The minimum atomic E-state index is -0.143. The van der Waals surface area contributed by atoms with Crippen molar-refractivity contribution in [3.05, 3.63) is 103 Å². The second-order valence-electron chi connectivity index (χ2n) is 15.1. The highest BCUT2D eigenvalue weighted by molar-refractivity contribution is 6.39. The van der Waals surface area contributed by atoms with E-state index in [9.17, 15) is 19.2 Å². The number of fused-ring (bicyclic) bond motifs is 2. The van der Waals surface area contributed by atoms with Gasteiger partial charge in [0.25, 0.3) is 11.1 Å². The number of hydrogen-bond acceptors (Lipinski definition) is 6. The summed E-state index contributed by atoms with van der Waals surface area (Å²) >= 11 is 14.4. The van der Waals surface area contributed by atoms with Gasteiger partial charge < -0.3 is 19.8 Å². The quantitative estimate of drug-likeness (QED) is 0.188. The fourth-order valence-corrected chi connectivity index (χ4v) is 8.85. The van der Waals surface area contributed by atoms with Gasteiger partial charge in [-0.2, -0.15) is 10.2 Å². The van der Waals surface area contributed by atoms with E-state index >= 15 is 0 Å². The Morgan fingerprint density at radius 3 is 1.37 bits per heavy atom. The average molecular weight is 764 g/mol. The molecule has 2 saturated carbocycles. The molecule has 4 fully saturated rings. The number of carbonyl (C=O) groups excluding carboxylic acids is 2. The minimum Gasteiger partial charge on any atom is -0.352 e. The van der Waals surface area contributed by atoms with Gasteiger partial charge in [0.15, 0.2) is 0 Å². The van der Waals surface area contributed by atoms with Crippen LogP contribution in [0.15, 0.2) is 70.5 Å². The monoisotopic (exact) mass is 762 g/mol. The highest BCUT2D eigenvalue weighted by atomic mass is 35.5. The third kappa shape index (κ3) is 5.74. The molecule has 2 atom stereocenters. The van der Waals surface area contributed by atoms with Gasteiger partial charge in [-0.25, -0.2) is 9.03 Å². The summed E-state index contributed by atoms with van der Waals surface area (Å²) < 4.78 is 6.94. The van der Waals surface area contributed by atoms with E-state index in [-0.39, 0.29) is 35.0 Å². The molecule has 2 amide bonds. The topological polar surface area (TPSA) is 137 Å². The van der Waals surface area contributed by atoms with Crippen LogP contribution in [0, 0.1) is 0 Å². The molecule has 274 valence electrons. The molecule has 0 spiro atoms. The van der Waals surface area contributed by atoms with Crippen LogP contribution < -0.4 is 21.8 Å². The first kappa shape index (κ1) is 33.4. The number of nitrogens with zero attached hydrogens (tertiary/aromatic N) is 6. The summed E-state index contributed by atoms with van der Waals surface area (Å²) in [6.07, 6.45) is 10.3. The van der Waals surface area contributed by atoms with Crippen LogP contribution in [-0.4, -0.2) is 52.3 Å². The number of carbonyl (C=O) groups is 2. The lowest BCUT2D eigenvalue weighted by Gasteiger charge is -2.17. The molecule has 0 unspecified atom stereocenters. The fraction of sp³-hybridized carbons (Fsp3) is 0.350. The van der Waals surface area contributed by atoms with Crippen LogP contribution in [0.1, 0.15) is 74.6 Å². The molecule has 10 rings (SSSR count). The van der Waals surface area contributed by atoms with Gasteiger partial charge in [-0.3, -0.25) is 19.2 Å². The highest BCUT2D eigenvalue weighted by Crippen LogP contribution is 2.44. The molecule has 6 aromatic rings. The van der Waals surface area contributed by atoms with Gasteiger partial charge in [0.05, 0.1) is 21.4 Å². The molecule has 4 aliphatic rings. The highest BCUT2D eigenvalue weighted by Gasteiger charge is 2.32. The van der Waals surface area contributed by atoms with Crippen molar-refractivity contribution in [1.29, 1.82) is 0 Å². The number of aromatic nitrogens is 6. The lowest BCUT2D eigenvalue weighted by molar-refractivity contribution is -0.120. The van der Waals surface area contributed by atoms with Crippen LogP contribution in [0.3, 0.4) is 0 Å². The van der Waals surface area contributed by atoms with Crippen LogP contribution in [-0.2, 0) is 22.7 Å². The summed E-state index contributed by atoms with van der Waals surface area (Å²) in [7, 11) is 0. The molecule has 0 radical (unpaired) electrons. The summed E-state index contributed by atoms with van der Waals surface area (Å²) in [5, 5.41) is 16.5. The van der Waals surface area contributed by atoms with Crippen molar-refractivity contribution in [2.75, 3.05) is 0 Å². The first-order valence-electron chi connectivity index (χ1n) is 18.6. The van der Waals surface area contributed by atoms with Crippen molar-refractivity contribution in [2.45, 2.75) is 88.4 Å². The lowest BCUT2D eigenvalue weighted by atomic mass is 9.98. The maximum Gasteiger partial charge on any atom is 0.276 e. The first-order chi connectivity index (χ1) is 26.2. The maximum atomic E-state index is 13.9.